The second-order valence-corrected chi connectivity index (χ2v) is 5.93. The van der Waals surface area contributed by atoms with Crippen molar-refractivity contribution in [2.45, 2.75) is 38.5 Å². The lowest BCUT2D eigenvalue weighted by Gasteiger charge is -2.15. The Balaban J connectivity index is 2.05. The van der Waals surface area contributed by atoms with Crippen molar-refractivity contribution >= 4 is 22.9 Å². The van der Waals surface area contributed by atoms with E-state index in [2.05, 4.69) is 26.0 Å². The highest BCUT2D eigenvalue weighted by molar-refractivity contribution is 7.12. The molecule has 1 heterocycles. The molecule has 2 unspecified atom stereocenters. The first-order valence-corrected chi connectivity index (χ1v) is 6.70. The van der Waals surface area contributed by atoms with Gasteiger partial charge in [-0.3, -0.25) is 0 Å². The highest BCUT2D eigenvalue weighted by Crippen LogP contribution is 2.46. The molecule has 1 aromatic heterocycles. The van der Waals surface area contributed by atoms with Crippen LogP contribution in [0.1, 0.15) is 41.8 Å². The van der Waals surface area contributed by atoms with Crippen molar-refractivity contribution in [3.63, 3.8) is 0 Å². The van der Waals surface area contributed by atoms with Crippen LogP contribution in [0.3, 0.4) is 0 Å². The van der Waals surface area contributed by atoms with Gasteiger partial charge in [0.15, 0.2) is 0 Å². The predicted molar refractivity (Wildman–Crippen MR) is 64.2 cm³/mol. The highest BCUT2D eigenvalue weighted by atomic mass is 35.5. The molecule has 0 bridgehead atoms. The largest absolute Gasteiger partial charge is 0.144 e. The maximum Gasteiger partial charge on any atom is 0.0706 e. The Labute approximate surface area is 95.3 Å². The van der Waals surface area contributed by atoms with Crippen molar-refractivity contribution in [3.8, 4) is 0 Å². The molecular formula is C12H17ClS. The minimum Gasteiger partial charge on any atom is -0.144 e. The van der Waals surface area contributed by atoms with E-state index in [1.54, 1.807) is 0 Å². The summed E-state index contributed by atoms with van der Waals surface area (Å²) in [6.07, 6.45) is 3.90. The zero-order valence-corrected chi connectivity index (χ0v) is 10.4. The Hall–Kier alpha value is -0.0100. The van der Waals surface area contributed by atoms with E-state index < -0.39 is 0 Å². The van der Waals surface area contributed by atoms with E-state index in [1.807, 2.05) is 11.3 Å². The number of halogens is 1. The Morgan fingerprint density at radius 3 is 2.71 bits per heavy atom. The number of rotatable bonds is 4. The molecule has 0 spiro atoms. The van der Waals surface area contributed by atoms with Crippen molar-refractivity contribution in [2.24, 2.45) is 11.8 Å². The minimum absolute atomic E-state index is 0.243. The molecule has 14 heavy (non-hydrogen) atoms. The van der Waals surface area contributed by atoms with Gasteiger partial charge in [-0.2, -0.15) is 0 Å². The molecule has 2 rings (SSSR count). The van der Waals surface area contributed by atoms with Crippen LogP contribution in [0.25, 0.3) is 0 Å². The van der Waals surface area contributed by atoms with Gasteiger partial charge in [0.25, 0.3) is 0 Å². The maximum absolute atomic E-state index is 6.47. The first-order chi connectivity index (χ1) is 6.72. The van der Waals surface area contributed by atoms with Crippen LogP contribution in [0.4, 0.5) is 0 Å². The van der Waals surface area contributed by atoms with Crippen LogP contribution in [-0.2, 0) is 6.42 Å². The summed E-state index contributed by atoms with van der Waals surface area (Å²) >= 11 is 8.35. The second kappa shape index (κ2) is 4.24. The van der Waals surface area contributed by atoms with Gasteiger partial charge in [0.1, 0.15) is 0 Å². The molecule has 1 aromatic rings. The normalized spacial score (nSPS) is 20.8. The molecule has 1 aliphatic rings. The molecule has 1 saturated carbocycles. The van der Waals surface area contributed by atoms with Crippen LogP contribution < -0.4 is 0 Å². The van der Waals surface area contributed by atoms with Gasteiger partial charge < -0.3 is 0 Å². The number of aryl methyl sites for hydroxylation is 1. The Morgan fingerprint density at radius 1 is 1.50 bits per heavy atom. The number of alkyl halides is 1. The van der Waals surface area contributed by atoms with Crippen LogP contribution >= 0.6 is 22.9 Å². The lowest BCUT2D eigenvalue weighted by atomic mass is 10.0. The number of thiophene rings is 1. The quantitative estimate of drug-likeness (QED) is 0.659. The molecule has 2 heteroatoms. The molecule has 0 nitrogen and oxygen atoms in total. The Bertz CT molecular complexity index is 301. The van der Waals surface area contributed by atoms with Crippen LogP contribution in [0, 0.1) is 11.8 Å². The zero-order chi connectivity index (χ0) is 10.1. The van der Waals surface area contributed by atoms with Gasteiger partial charge in [0.05, 0.1) is 5.38 Å². The summed E-state index contributed by atoms with van der Waals surface area (Å²) in [5, 5.41) is 0.243. The third-order valence-corrected chi connectivity index (χ3v) is 5.20. The van der Waals surface area contributed by atoms with Crippen LogP contribution in [0.2, 0.25) is 0 Å². The van der Waals surface area contributed by atoms with Crippen molar-refractivity contribution in [1.82, 2.24) is 0 Å². The fourth-order valence-corrected chi connectivity index (χ4v) is 3.31. The van der Waals surface area contributed by atoms with E-state index >= 15 is 0 Å². The Morgan fingerprint density at radius 2 is 2.21 bits per heavy atom. The molecule has 1 fully saturated rings. The topological polar surface area (TPSA) is 0 Å². The predicted octanol–water partition coefficient (Wildman–Crippen LogP) is 4.64. The summed E-state index contributed by atoms with van der Waals surface area (Å²) in [5.74, 6) is 1.55. The summed E-state index contributed by atoms with van der Waals surface area (Å²) in [7, 11) is 0. The van der Waals surface area contributed by atoms with Gasteiger partial charge in [0.2, 0.25) is 0 Å². The van der Waals surface area contributed by atoms with Crippen molar-refractivity contribution < 1.29 is 0 Å². The van der Waals surface area contributed by atoms with Crippen LogP contribution in [0.15, 0.2) is 12.1 Å². The van der Waals surface area contributed by atoms with Crippen molar-refractivity contribution in [2.75, 3.05) is 0 Å². The molecule has 1 aliphatic carbocycles. The second-order valence-electron chi connectivity index (χ2n) is 4.26. The average Bonchev–Trinajstić information content (AvgIpc) is 2.94. The standard InChI is InChI=1S/C12H17ClS/c1-3-10-6-7-11(14-10)12(13)8(2)9-4-5-9/h6-9,12H,3-5H2,1-2H3. The van der Waals surface area contributed by atoms with E-state index in [1.165, 1.54) is 22.6 Å². The summed E-state index contributed by atoms with van der Waals surface area (Å²) in [4.78, 5) is 2.82. The number of hydrogen-bond donors (Lipinski definition) is 0. The maximum atomic E-state index is 6.47. The lowest BCUT2D eigenvalue weighted by Crippen LogP contribution is -2.04. The average molecular weight is 229 g/mol. The summed E-state index contributed by atoms with van der Waals surface area (Å²) < 4.78 is 0. The molecule has 0 N–H and O–H groups in total. The molecule has 0 amide bonds. The number of hydrogen-bond acceptors (Lipinski definition) is 1. The Kier molecular flexibility index (Phi) is 3.18. The third-order valence-electron chi connectivity index (χ3n) is 3.13. The van der Waals surface area contributed by atoms with Crippen LogP contribution in [-0.4, -0.2) is 0 Å². The molecule has 0 radical (unpaired) electrons. The van der Waals surface area contributed by atoms with Gasteiger partial charge in [-0.05, 0) is 43.2 Å². The van der Waals surface area contributed by atoms with Crippen molar-refractivity contribution in [1.29, 1.82) is 0 Å². The van der Waals surface area contributed by atoms with Gasteiger partial charge in [-0.25, -0.2) is 0 Å². The third kappa shape index (κ3) is 2.14. The lowest BCUT2D eigenvalue weighted by molar-refractivity contribution is 0.495. The first-order valence-electron chi connectivity index (χ1n) is 5.45. The van der Waals surface area contributed by atoms with Gasteiger partial charge in [0, 0.05) is 9.75 Å². The minimum atomic E-state index is 0.243. The molecule has 0 aromatic carbocycles. The molecule has 0 saturated heterocycles. The molecule has 2 atom stereocenters. The van der Waals surface area contributed by atoms with Gasteiger partial charge in [-0.15, -0.1) is 22.9 Å². The van der Waals surface area contributed by atoms with Crippen LogP contribution in [0.5, 0.6) is 0 Å². The highest BCUT2D eigenvalue weighted by Gasteiger charge is 2.33. The van der Waals surface area contributed by atoms with E-state index in [0.717, 1.165) is 12.3 Å². The molecule has 0 aliphatic heterocycles. The molecule has 78 valence electrons. The van der Waals surface area contributed by atoms with Crippen molar-refractivity contribution in [3.05, 3.63) is 21.9 Å². The van der Waals surface area contributed by atoms with E-state index in [-0.39, 0.29) is 5.38 Å². The fraction of sp³-hybridized carbons (Fsp3) is 0.667. The van der Waals surface area contributed by atoms with E-state index in [4.69, 9.17) is 11.6 Å². The summed E-state index contributed by atoms with van der Waals surface area (Å²) in [6, 6.07) is 4.43. The van der Waals surface area contributed by atoms with Gasteiger partial charge >= 0.3 is 0 Å². The SMILES string of the molecule is CCc1ccc(C(Cl)C(C)C2CC2)s1. The summed E-state index contributed by atoms with van der Waals surface area (Å²) in [5.41, 5.74) is 0. The fourth-order valence-electron chi connectivity index (χ4n) is 1.85. The monoisotopic (exact) mass is 228 g/mol. The summed E-state index contributed by atoms with van der Waals surface area (Å²) in [6.45, 7) is 4.49. The van der Waals surface area contributed by atoms with Gasteiger partial charge in [-0.1, -0.05) is 13.8 Å². The smallest absolute Gasteiger partial charge is 0.0706 e. The first kappa shape index (κ1) is 10.5. The molecular weight excluding hydrogens is 212 g/mol. The zero-order valence-electron chi connectivity index (χ0n) is 8.79. The van der Waals surface area contributed by atoms with E-state index in [0.29, 0.717) is 5.92 Å². The van der Waals surface area contributed by atoms with E-state index in [9.17, 15) is 0 Å².